The largest absolute Gasteiger partial charge is 0.491 e. The van der Waals surface area contributed by atoms with Gasteiger partial charge in [0.1, 0.15) is 36.4 Å². The van der Waals surface area contributed by atoms with Crippen LogP contribution in [-0.2, 0) is 19.3 Å². The number of aliphatic hydroxyl groups excluding tert-OH is 2. The van der Waals surface area contributed by atoms with Crippen molar-refractivity contribution in [2.24, 2.45) is 0 Å². The molecule has 4 aromatic rings. The molecule has 0 spiro atoms. The molecule has 2 N–H and O–H groups in total. The molecule has 2 aliphatic heterocycles. The van der Waals surface area contributed by atoms with Gasteiger partial charge < -0.3 is 29.2 Å². The van der Waals surface area contributed by atoms with Crippen molar-refractivity contribution in [2.75, 3.05) is 13.7 Å². The molecular formula is C31H28O8S. The number of hydrogen-bond donors (Lipinski definition) is 2. The fourth-order valence-corrected chi connectivity index (χ4v) is 6.80. The van der Waals surface area contributed by atoms with Crippen molar-refractivity contribution in [3.8, 4) is 33.8 Å². The summed E-state index contributed by atoms with van der Waals surface area (Å²) in [7, 11) is -2.20. The molecule has 2 heterocycles. The number of aliphatic hydroxyl groups is 2. The summed E-state index contributed by atoms with van der Waals surface area (Å²) in [5, 5.41) is 21.8. The molecule has 6 rings (SSSR count). The number of methoxy groups -OCH3 is 1. The second kappa shape index (κ2) is 10.7. The summed E-state index contributed by atoms with van der Waals surface area (Å²) < 4.78 is 49.0. The lowest BCUT2D eigenvalue weighted by molar-refractivity contribution is -0.287. The lowest BCUT2D eigenvalue weighted by Gasteiger charge is -2.41. The van der Waals surface area contributed by atoms with Gasteiger partial charge in [0.2, 0.25) is 9.84 Å². The van der Waals surface area contributed by atoms with E-state index in [1.165, 1.54) is 19.2 Å². The van der Waals surface area contributed by atoms with Gasteiger partial charge in [0.25, 0.3) is 0 Å². The summed E-state index contributed by atoms with van der Waals surface area (Å²) in [6, 6.07) is 28.9. The number of hydrogen-bond acceptors (Lipinski definition) is 8. The summed E-state index contributed by atoms with van der Waals surface area (Å²) in [6.07, 6.45) is -5.66. The van der Waals surface area contributed by atoms with Gasteiger partial charge in [-0.25, -0.2) is 8.42 Å². The Balaban J connectivity index is 1.14. The van der Waals surface area contributed by atoms with Crippen LogP contribution >= 0.6 is 0 Å². The Bertz CT molecular complexity index is 1600. The Morgan fingerprint density at radius 3 is 2.15 bits per heavy atom. The van der Waals surface area contributed by atoms with Gasteiger partial charge in [-0.15, -0.1) is 0 Å². The summed E-state index contributed by atoms with van der Waals surface area (Å²) in [4.78, 5) is 0.435. The zero-order valence-electron chi connectivity index (χ0n) is 21.6. The molecule has 0 aromatic heterocycles. The van der Waals surface area contributed by atoms with Crippen molar-refractivity contribution in [3.63, 3.8) is 0 Å². The minimum Gasteiger partial charge on any atom is -0.491 e. The molecule has 40 heavy (non-hydrogen) atoms. The quantitative estimate of drug-likeness (QED) is 0.306. The van der Waals surface area contributed by atoms with Gasteiger partial charge in [-0.2, -0.15) is 0 Å². The first-order valence-corrected chi connectivity index (χ1v) is 14.3. The van der Waals surface area contributed by atoms with E-state index in [9.17, 15) is 18.6 Å². The summed E-state index contributed by atoms with van der Waals surface area (Å²) >= 11 is 0. The lowest BCUT2D eigenvalue weighted by Crippen LogP contribution is -2.61. The minimum absolute atomic E-state index is 0.0248. The average molecular weight is 561 g/mol. The Kier molecular flexibility index (Phi) is 7.07. The molecule has 206 valence electrons. The Labute approximate surface area is 232 Å². The van der Waals surface area contributed by atoms with E-state index < -0.39 is 40.5 Å². The molecule has 8 nitrogen and oxygen atoms in total. The normalized spacial score (nSPS) is 24.6. The van der Waals surface area contributed by atoms with E-state index in [0.717, 1.165) is 11.1 Å². The first kappa shape index (κ1) is 26.5. The highest BCUT2D eigenvalue weighted by Gasteiger charge is 2.47. The fourth-order valence-electron chi connectivity index (χ4n) is 5.14. The van der Waals surface area contributed by atoms with Gasteiger partial charge in [-0.1, -0.05) is 60.7 Å². The van der Waals surface area contributed by atoms with Crippen molar-refractivity contribution >= 4 is 9.84 Å². The van der Waals surface area contributed by atoms with Gasteiger partial charge in [-0.05, 0) is 47.5 Å². The van der Waals surface area contributed by atoms with Crippen molar-refractivity contribution < 1.29 is 37.6 Å². The topological polar surface area (TPSA) is 112 Å². The maximum absolute atomic E-state index is 12.9. The summed E-state index contributed by atoms with van der Waals surface area (Å²) in [5.74, 6) is 0.895. The molecule has 0 saturated carbocycles. The molecule has 1 saturated heterocycles. The van der Waals surface area contributed by atoms with Crippen LogP contribution in [0.2, 0.25) is 0 Å². The minimum atomic E-state index is -3.61. The highest BCUT2D eigenvalue weighted by atomic mass is 32.2. The molecular weight excluding hydrogens is 532 g/mol. The second-order valence-electron chi connectivity index (χ2n) is 9.70. The van der Waals surface area contributed by atoms with E-state index in [1.807, 2.05) is 54.6 Å². The third-order valence-electron chi connectivity index (χ3n) is 7.23. The highest BCUT2D eigenvalue weighted by Crippen LogP contribution is 2.44. The lowest BCUT2D eigenvalue weighted by atomic mass is 9.99. The van der Waals surface area contributed by atoms with Crippen molar-refractivity contribution in [2.45, 2.75) is 40.5 Å². The predicted molar refractivity (Wildman–Crippen MR) is 147 cm³/mol. The van der Waals surface area contributed by atoms with Crippen LogP contribution in [0.15, 0.2) is 107 Å². The zero-order chi connectivity index (χ0) is 27.9. The maximum Gasteiger partial charge on any atom is 0.207 e. The standard InChI is InChI=1S/C31H28O8S/c1-36-31-30(38-22-15-16-27-24(17-22)23-9-5-6-10-26(23)40(27,34)35)29(33)28(32)25(39-31)18-37-21-13-11-20(12-14-21)19-7-3-2-4-8-19/h2-17,25,28-33H,18H2,1H3/t25-,28-,29+,30-,31+/m1/s1. The summed E-state index contributed by atoms with van der Waals surface area (Å²) in [6.45, 7) is -0.0248. The molecule has 0 unspecified atom stereocenters. The monoisotopic (exact) mass is 560 g/mol. The van der Waals surface area contributed by atoms with Gasteiger partial charge in [-0.3, -0.25) is 0 Å². The first-order chi connectivity index (χ1) is 19.4. The Morgan fingerprint density at radius 2 is 1.40 bits per heavy atom. The molecule has 0 amide bonds. The van der Waals surface area contributed by atoms with Crippen LogP contribution in [-0.4, -0.2) is 63.1 Å². The maximum atomic E-state index is 12.9. The zero-order valence-corrected chi connectivity index (χ0v) is 22.4. The average Bonchev–Trinajstić information content (AvgIpc) is 3.22. The van der Waals surface area contributed by atoms with Crippen molar-refractivity contribution in [3.05, 3.63) is 97.1 Å². The second-order valence-corrected chi connectivity index (χ2v) is 11.6. The van der Waals surface area contributed by atoms with Crippen LogP contribution < -0.4 is 9.47 Å². The van der Waals surface area contributed by atoms with Gasteiger partial charge in [0.15, 0.2) is 12.4 Å². The smallest absolute Gasteiger partial charge is 0.207 e. The van der Waals surface area contributed by atoms with Crippen LogP contribution in [0.25, 0.3) is 22.3 Å². The molecule has 1 fully saturated rings. The van der Waals surface area contributed by atoms with E-state index in [2.05, 4.69) is 0 Å². The van der Waals surface area contributed by atoms with Crippen LogP contribution in [0.4, 0.5) is 0 Å². The van der Waals surface area contributed by atoms with Gasteiger partial charge >= 0.3 is 0 Å². The third kappa shape index (κ3) is 4.76. The Hall–Kier alpha value is -3.73. The highest BCUT2D eigenvalue weighted by molar-refractivity contribution is 7.92. The SMILES string of the molecule is CO[C@H]1O[C@H](COc2ccc(-c3ccccc3)cc2)[C@@H](O)[C@H](O)[C@H]1Oc1ccc2c(c1)-c1ccccc1S2(=O)=O. The molecule has 5 atom stereocenters. The molecule has 0 radical (unpaired) electrons. The summed E-state index contributed by atoms with van der Waals surface area (Å²) in [5.41, 5.74) is 3.23. The number of rotatable bonds is 7. The van der Waals surface area contributed by atoms with Crippen molar-refractivity contribution in [1.82, 2.24) is 0 Å². The van der Waals surface area contributed by atoms with Gasteiger partial charge in [0, 0.05) is 18.2 Å². The Morgan fingerprint density at radius 1 is 0.750 bits per heavy atom. The van der Waals surface area contributed by atoms with Crippen molar-refractivity contribution in [1.29, 1.82) is 0 Å². The molecule has 0 aliphatic carbocycles. The molecule has 2 aliphatic rings. The predicted octanol–water partition coefficient (Wildman–Crippen LogP) is 4.09. The van der Waals surface area contributed by atoms with Crippen LogP contribution in [0.1, 0.15) is 0 Å². The van der Waals surface area contributed by atoms with Crippen LogP contribution in [0.5, 0.6) is 11.5 Å². The van der Waals surface area contributed by atoms with Crippen LogP contribution in [0.3, 0.4) is 0 Å². The first-order valence-electron chi connectivity index (χ1n) is 12.8. The number of sulfone groups is 1. The number of ether oxygens (including phenoxy) is 4. The number of benzene rings is 4. The molecule has 9 heteroatoms. The molecule has 4 aromatic carbocycles. The van der Waals surface area contributed by atoms with E-state index >= 15 is 0 Å². The number of fused-ring (bicyclic) bond motifs is 3. The van der Waals surface area contributed by atoms with E-state index in [-0.39, 0.29) is 16.4 Å². The van der Waals surface area contributed by atoms with Gasteiger partial charge in [0.05, 0.1) is 9.79 Å². The van der Waals surface area contributed by atoms with Crippen LogP contribution in [0, 0.1) is 0 Å². The molecule has 0 bridgehead atoms. The third-order valence-corrected chi connectivity index (χ3v) is 9.10. The van der Waals surface area contributed by atoms with E-state index in [4.69, 9.17) is 18.9 Å². The van der Waals surface area contributed by atoms with E-state index in [0.29, 0.717) is 22.6 Å². The van der Waals surface area contributed by atoms with E-state index in [1.54, 1.807) is 30.3 Å². The fraction of sp³-hybridized carbons (Fsp3) is 0.226.